The fourth-order valence-electron chi connectivity index (χ4n) is 4.77. The van der Waals surface area contributed by atoms with Crippen molar-refractivity contribution >= 4 is 5.91 Å². The second-order valence-corrected chi connectivity index (χ2v) is 8.26. The maximum Gasteiger partial charge on any atom is 0.222 e. The average molecular weight is 339 g/mol. The molecule has 0 aromatic carbocycles. The van der Waals surface area contributed by atoms with Crippen LogP contribution in [0.25, 0.3) is 0 Å². The Morgan fingerprint density at radius 1 is 1.00 bits per heavy atom. The van der Waals surface area contributed by atoms with Crippen LogP contribution in [-0.4, -0.2) is 30.2 Å². The highest BCUT2D eigenvalue weighted by Gasteiger charge is 2.29. The third kappa shape index (κ3) is 6.36. The molecule has 0 bridgehead atoms. The number of hydrogen-bond donors (Lipinski definition) is 3. The van der Waals surface area contributed by atoms with Gasteiger partial charge in [-0.1, -0.05) is 64.2 Å². The number of aliphatic hydroxyl groups is 1. The van der Waals surface area contributed by atoms with Crippen molar-refractivity contribution in [2.45, 2.75) is 95.6 Å². The van der Waals surface area contributed by atoms with E-state index in [1.807, 2.05) is 0 Å². The highest BCUT2D eigenvalue weighted by atomic mass is 16.3. The minimum absolute atomic E-state index is 0.0736. The minimum Gasteiger partial charge on any atom is -0.391 e. The SMILES string of the molecule is CNC(=O)C(CC1CCCCC1)C[C@H](O)C(N)CC1CCCCC1. The first kappa shape index (κ1) is 19.7. The lowest BCUT2D eigenvalue weighted by Crippen LogP contribution is -2.41. The van der Waals surface area contributed by atoms with E-state index in [1.165, 1.54) is 64.2 Å². The van der Waals surface area contributed by atoms with E-state index in [9.17, 15) is 9.90 Å². The molecule has 0 spiro atoms. The average Bonchev–Trinajstić information content (AvgIpc) is 2.62. The largest absolute Gasteiger partial charge is 0.391 e. The molecule has 2 aliphatic rings. The predicted octanol–water partition coefficient (Wildman–Crippen LogP) is 3.37. The van der Waals surface area contributed by atoms with Gasteiger partial charge in [0.15, 0.2) is 0 Å². The Bertz CT molecular complexity index is 363. The molecule has 0 radical (unpaired) electrons. The first-order valence-electron chi connectivity index (χ1n) is 10.3. The lowest BCUT2D eigenvalue weighted by Gasteiger charge is -2.30. The van der Waals surface area contributed by atoms with Gasteiger partial charge in [-0.25, -0.2) is 0 Å². The summed E-state index contributed by atoms with van der Waals surface area (Å²) in [4.78, 5) is 12.3. The summed E-state index contributed by atoms with van der Waals surface area (Å²) < 4.78 is 0. The summed E-state index contributed by atoms with van der Waals surface area (Å²) in [6.45, 7) is 0. The fraction of sp³-hybridized carbons (Fsp3) is 0.950. The van der Waals surface area contributed by atoms with Gasteiger partial charge in [-0.15, -0.1) is 0 Å². The van der Waals surface area contributed by atoms with Gasteiger partial charge in [0.25, 0.3) is 0 Å². The number of carbonyl (C=O) groups excluding carboxylic acids is 1. The molecule has 2 saturated carbocycles. The van der Waals surface area contributed by atoms with Gasteiger partial charge in [0.05, 0.1) is 6.10 Å². The Morgan fingerprint density at radius 3 is 2.00 bits per heavy atom. The number of hydrogen-bond acceptors (Lipinski definition) is 3. The topological polar surface area (TPSA) is 75.3 Å². The third-order valence-corrected chi connectivity index (χ3v) is 6.31. The minimum atomic E-state index is -0.558. The van der Waals surface area contributed by atoms with E-state index >= 15 is 0 Å². The van der Waals surface area contributed by atoms with Crippen LogP contribution >= 0.6 is 0 Å². The summed E-state index contributed by atoms with van der Waals surface area (Å²) in [5.41, 5.74) is 6.29. The molecule has 24 heavy (non-hydrogen) atoms. The number of carbonyl (C=O) groups is 1. The van der Waals surface area contributed by atoms with Crippen LogP contribution in [0.2, 0.25) is 0 Å². The zero-order valence-corrected chi connectivity index (χ0v) is 15.5. The number of amides is 1. The van der Waals surface area contributed by atoms with Gasteiger partial charge in [0.2, 0.25) is 5.91 Å². The molecule has 0 aliphatic heterocycles. The molecule has 0 saturated heterocycles. The van der Waals surface area contributed by atoms with Gasteiger partial charge in [0, 0.05) is 19.0 Å². The Morgan fingerprint density at radius 2 is 1.50 bits per heavy atom. The van der Waals surface area contributed by atoms with E-state index in [1.54, 1.807) is 7.05 Å². The summed E-state index contributed by atoms with van der Waals surface area (Å²) in [5, 5.41) is 13.4. The van der Waals surface area contributed by atoms with Crippen molar-refractivity contribution in [3.05, 3.63) is 0 Å². The zero-order chi connectivity index (χ0) is 17.4. The maximum atomic E-state index is 12.3. The smallest absolute Gasteiger partial charge is 0.222 e. The summed E-state index contributed by atoms with van der Waals surface area (Å²) in [6.07, 6.45) is 14.6. The van der Waals surface area contributed by atoms with Crippen molar-refractivity contribution in [2.75, 3.05) is 7.05 Å². The van der Waals surface area contributed by atoms with Gasteiger partial charge < -0.3 is 16.2 Å². The van der Waals surface area contributed by atoms with E-state index in [-0.39, 0.29) is 17.9 Å². The van der Waals surface area contributed by atoms with Gasteiger partial charge in [-0.05, 0) is 31.1 Å². The molecule has 2 unspecified atom stereocenters. The maximum absolute atomic E-state index is 12.3. The number of nitrogens with two attached hydrogens (primary N) is 1. The fourth-order valence-corrected chi connectivity index (χ4v) is 4.77. The van der Waals surface area contributed by atoms with Gasteiger partial charge in [-0.3, -0.25) is 4.79 Å². The summed E-state index contributed by atoms with van der Waals surface area (Å²) in [6, 6.07) is -0.188. The second-order valence-electron chi connectivity index (χ2n) is 8.26. The second kappa shape index (κ2) is 10.4. The highest BCUT2D eigenvalue weighted by molar-refractivity contribution is 5.78. The summed E-state index contributed by atoms with van der Waals surface area (Å²) in [5.74, 6) is 1.29. The summed E-state index contributed by atoms with van der Waals surface area (Å²) >= 11 is 0. The van der Waals surface area contributed by atoms with Crippen molar-refractivity contribution in [3.8, 4) is 0 Å². The molecule has 140 valence electrons. The number of rotatable bonds is 8. The molecule has 0 aromatic rings. The van der Waals surface area contributed by atoms with Crippen LogP contribution in [0.5, 0.6) is 0 Å². The molecular formula is C20H38N2O2. The lowest BCUT2D eigenvalue weighted by atomic mass is 9.79. The molecule has 1 amide bonds. The van der Waals surface area contributed by atoms with Crippen molar-refractivity contribution in [2.24, 2.45) is 23.5 Å². The van der Waals surface area contributed by atoms with Crippen LogP contribution in [0.3, 0.4) is 0 Å². The van der Waals surface area contributed by atoms with Crippen molar-refractivity contribution in [1.82, 2.24) is 5.32 Å². The van der Waals surface area contributed by atoms with E-state index < -0.39 is 6.10 Å². The Balaban J connectivity index is 1.82. The van der Waals surface area contributed by atoms with Crippen molar-refractivity contribution in [1.29, 1.82) is 0 Å². The Labute approximate surface area is 148 Å². The lowest BCUT2D eigenvalue weighted by molar-refractivity contribution is -0.126. The number of nitrogens with one attached hydrogen (secondary N) is 1. The Hall–Kier alpha value is -0.610. The molecule has 2 aliphatic carbocycles. The van der Waals surface area contributed by atoms with E-state index in [2.05, 4.69) is 5.32 Å². The first-order chi connectivity index (χ1) is 11.6. The van der Waals surface area contributed by atoms with E-state index in [0.29, 0.717) is 18.3 Å². The van der Waals surface area contributed by atoms with Gasteiger partial charge in [-0.2, -0.15) is 0 Å². The van der Waals surface area contributed by atoms with E-state index in [4.69, 9.17) is 5.73 Å². The third-order valence-electron chi connectivity index (χ3n) is 6.31. The van der Waals surface area contributed by atoms with Crippen LogP contribution < -0.4 is 11.1 Å². The molecule has 0 aromatic heterocycles. The number of aliphatic hydroxyl groups excluding tert-OH is 1. The van der Waals surface area contributed by atoms with Crippen LogP contribution in [0.1, 0.15) is 83.5 Å². The van der Waals surface area contributed by atoms with E-state index in [0.717, 1.165) is 12.8 Å². The molecule has 4 nitrogen and oxygen atoms in total. The molecule has 0 heterocycles. The highest BCUT2D eigenvalue weighted by Crippen LogP contribution is 2.32. The normalized spacial score (nSPS) is 24.3. The first-order valence-corrected chi connectivity index (χ1v) is 10.3. The standard InChI is InChI=1S/C20H38N2O2/c1-22-20(24)17(12-15-8-4-2-5-9-15)14-19(23)18(21)13-16-10-6-3-7-11-16/h15-19,23H,2-14,21H2,1H3,(H,22,24)/t17?,18?,19-/m0/s1. The van der Waals surface area contributed by atoms with Crippen LogP contribution in [0.4, 0.5) is 0 Å². The molecule has 3 atom stereocenters. The zero-order valence-electron chi connectivity index (χ0n) is 15.5. The van der Waals surface area contributed by atoms with Crippen molar-refractivity contribution < 1.29 is 9.90 Å². The van der Waals surface area contributed by atoms with Crippen LogP contribution in [-0.2, 0) is 4.79 Å². The van der Waals surface area contributed by atoms with Crippen molar-refractivity contribution in [3.63, 3.8) is 0 Å². The predicted molar refractivity (Wildman–Crippen MR) is 98.5 cm³/mol. The van der Waals surface area contributed by atoms with Crippen LogP contribution in [0.15, 0.2) is 0 Å². The van der Waals surface area contributed by atoms with Gasteiger partial charge >= 0.3 is 0 Å². The monoisotopic (exact) mass is 338 g/mol. The quantitative estimate of drug-likeness (QED) is 0.635. The summed E-state index contributed by atoms with van der Waals surface area (Å²) in [7, 11) is 1.70. The Kier molecular flexibility index (Phi) is 8.54. The molecule has 4 N–H and O–H groups in total. The van der Waals surface area contributed by atoms with Gasteiger partial charge in [0.1, 0.15) is 0 Å². The molecule has 4 heteroatoms. The van der Waals surface area contributed by atoms with Crippen LogP contribution in [0, 0.1) is 17.8 Å². The molecule has 2 rings (SSSR count). The molecule has 2 fully saturated rings. The molecular weight excluding hydrogens is 300 g/mol.